The predicted molar refractivity (Wildman–Crippen MR) is 78.2 cm³/mol. The van der Waals surface area contributed by atoms with Crippen molar-refractivity contribution in [1.82, 2.24) is 5.32 Å². The molecule has 0 aliphatic carbocycles. The van der Waals surface area contributed by atoms with E-state index in [0.717, 1.165) is 13.0 Å². The Bertz CT molecular complexity index is 239. The van der Waals surface area contributed by atoms with Crippen molar-refractivity contribution in [3.63, 3.8) is 0 Å². The maximum atomic E-state index is 6.23. The molecular weight excluding hydrogens is 208 g/mol. The smallest absolute Gasteiger partial charge is 0.0161 e. The van der Waals surface area contributed by atoms with Crippen LogP contribution in [0.25, 0.3) is 0 Å². The molecule has 0 bridgehead atoms. The second kappa shape index (κ2) is 4.89. The summed E-state index contributed by atoms with van der Waals surface area (Å²) in [6.07, 6.45) is 1.15. The largest absolute Gasteiger partial charge is 0.325 e. The van der Waals surface area contributed by atoms with Crippen molar-refractivity contribution >= 4 is 0 Å². The third kappa shape index (κ3) is 6.42. The Balaban J connectivity index is 4.47. The number of hydrogen-bond donors (Lipinski definition) is 2. The van der Waals surface area contributed by atoms with Crippen LogP contribution in [0.15, 0.2) is 0 Å². The lowest BCUT2D eigenvalue weighted by Crippen LogP contribution is -2.55. The van der Waals surface area contributed by atoms with E-state index in [2.05, 4.69) is 67.6 Å². The lowest BCUT2D eigenvalue weighted by atomic mass is 9.74. The van der Waals surface area contributed by atoms with Gasteiger partial charge < -0.3 is 11.1 Å². The molecule has 0 saturated heterocycles. The Morgan fingerprint density at radius 3 is 1.53 bits per heavy atom. The molecule has 17 heavy (non-hydrogen) atoms. The van der Waals surface area contributed by atoms with Gasteiger partial charge in [-0.25, -0.2) is 0 Å². The molecule has 2 heteroatoms. The van der Waals surface area contributed by atoms with Crippen LogP contribution < -0.4 is 11.1 Å². The molecule has 0 rings (SSSR count). The number of nitrogens with two attached hydrogens (primary N) is 1. The van der Waals surface area contributed by atoms with E-state index >= 15 is 0 Å². The first-order valence-corrected chi connectivity index (χ1v) is 6.70. The van der Waals surface area contributed by atoms with E-state index in [4.69, 9.17) is 5.73 Å². The van der Waals surface area contributed by atoms with E-state index in [1.165, 1.54) is 0 Å². The fourth-order valence-corrected chi connectivity index (χ4v) is 2.08. The molecule has 0 radical (unpaired) electrons. The van der Waals surface area contributed by atoms with Gasteiger partial charge in [0.05, 0.1) is 0 Å². The summed E-state index contributed by atoms with van der Waals surface area (Å²) >= 11 is 0. The van der Waals surface area contributed by atoms with Gasteiger partial charge in [0.1, 0.15) is 0 Å². The van der Waals surface area contributed by atoms with Crippen LogP contribution in [0.5, 0.6) is 0 Å². The Kier molecular flexibility index (Phi) is 4.87. The Morgan fingerprint density at radius 1 is 0.824 bits per heavy atom. The van der Waals surface area contributed by atoms with Crippen LogP contribution in [0.3, 0.4) is 0 Å². The normalized spacial score (nSPS) is 15.2. The van der Waals surface area contributed by atoms with Gasteiger partial charge in [0.2, 0.25) is 0 Å². The van der Waals surface area contributed by atoms with Crippen LogP contribution in [0.4, 0.5) is 0 Å². The van der Waals surface area contributed by atoms with Gasteiger partial charge in [0, 0.05) is 17.6 Å². The maximum absolute atomic E-state index is 6.23. The standard InChI is InChI=1S/C15H34N2/c1-12(2,3)10-14(6,7)17-11-13(4,5)15(8,9)16/h17H,10-11,16H2,1-9H3. The Labute approximate surface area is 109 Å². The summed E-state index contributed by atoms with van der Waals surface area (Å²) in [5, 5.41) is 3.68. The van der Waals surface area contributed by atoms with Crippen molar-refractivity contribution in [3.05, 3.63) is 0 Å². The molecule has 0 aliphatic rings. The van der Waals surface area contributed by atoms with Crippen molar-refractivity contribution in [1.29, 1.82) is 0 Å². The summed E-state index contributed by atoms with van der Waals surface area (Å²) in [7, 11) is 0. The first-order chi connectivity index (χ1) is 7.16. The van der Waals surface area contributed by atoms with Crippen LogP contribution >= 0.6 is 0 Å². The van der Waals surface area contributed by atoms with Crippen LogP contribution in [0.1, 0.15) is 68.7 Å². The summed E-state index contributed by atoms with van der Waals surface area (Å²) < 4.78 is 0. The Hall–Kier alpha value is -0.0800. The van der Waals surface area contributed by atoms with Crippen molar-refractivity contribution in [2.45, 2.75) is 79.8 Å². The van der Waals surface area contributed by atoms with Crippen LogP contribution in [-0.4, -0.2) is 17.6 Å². The van der Waals surface area contributed by atoms with Gasteiger partial charge in [0.15, 0.2) is 0 Å². The van der Waals surface area contributed by atoms with Gasteiger partial charge in [-0.05, 0) is 44.9 Å². The highest BCUT2D eigenvalue weighted by atomic mass is 15.0. The van der Waals surface area contributed by atoms with Crippen molar-refractivity contribution in [2.24, 2.45) is 16.6 Å². The molecule has 0 aromatic heterocycles. The molecule has 0 atom stereocenters. The van der Waals surface area contributed by atoms with Gasteiger partial charge in [-0.3, -0.25) is 0 Å². The molecule has 0 heterocycles. The minimum Gasteiger partial charge on any atom is -0.325 e. The molecule has 104 valence electrons. The highest BCUT2D eigenvalue weighted by Crippen LogP contribution is 2.30. The maximum Gasteiger partial charge on any atom is 0.0161 e. The SMILES string of the molecule is CC(C)(C)CC(C)(C)NCC(C)(C)C(C)(C)N. The third-order valence-electron chi connectivity index (χ3n) is 3.73. The van der Waals surface area contributed by atoms with E-state index in [-0.39, 0.29) is 16.5 Å². The van der Waals surface area contributed by atoms with E-state index in [9.17, 15) is 0 Å². The number of hydrogen-bond acceptors (Lipinski definition) is 2. The van der Waals surface area contributed by atoms with Crippen molar-refractivity contribution in [3.8, 4) is 0 Å². The van der Waals surface area contributed by atoms with Gasteiger partial charge >= 0.3 is 0 Å². The molecule has 0 amide bonds. The molecule has 0 saturated carbocycles. The van der Waals surface area contributed by atoms with E-state index < -0.39 is 0 Å². The molecule has 0 aromatic rings. The van der Waals surface area contributed by atoms with Crippen molar-refractivity contribution in [2.75, 3.05) is 6.54 Å². The molecular formula is C15H34N2. The van der Waals surface area contributed by atoms with E-state index in [0.29, 0.717) is 5.41 Å². The Morgan fingerprint density at radius 2 is 1.24 bits per heavy atom. The zero-order valence-electron chi connectivity index (χ0n) is 13.5. The third-order valence-corrected chi connectivity index (χ3v) is 3.73. The van der Waals surface area contributed by atoms with E-state index in [1.54, 1.807) is 0 Å². The van der Waals surface area contributed by atoms with Gasteiger partial charge in [-0.2, -0.15) is 0 Å². The minimum absolute atomic E-state index is 0.0855. The molecule has 0 spiro atoms. The van der Waals surface area contributed by atoms with Crippen LogP contribution in [-0.2, 0) is 0 Å². The second-order valence-corrected chi connectivity index (χ2v) is 8.58. The molecule has 0 unspecified atom stereocenters. The topological polar surface area (TPSA) is 38.0 Å². The highest BCUT2D eigenvalue weighted by molar-refractivity contribution is 4.94. The number of rotatable bonds is 5. The number of nitrogens with one attached hydrogen (secondary N) is 1. The quantitative estimate of drug-likeness (QED) is 0.773. The molecule has 0 aromatic carbocycles. The fraction of sp³-hybridized carbons (Fsp3) is 1.00. The van der Waals surface area contributed by atoms with Crippen LogP contribution in [0.2, 0.25) is 0 Å². The summed E-state index contributed by atoms with van der Waals surface area (Å²) in [5.41, 5.74) is 6.65. The predicted octanol–water partition coefficient (Wildman–Crippen LogP) is 3.55. The van der Waals surface area contributed by atoms with Gasteiger partial charge in [-0.15, -0.1) is 0 Å². The van der Waals surface area contributed by atoms with Crippen LogP contribution in [0, 0.1) is 10.8 Å². The zero-order chi connectivity index (χ0) is 14.1. The second-order valence-electron chi connectivity index (χ2n) is 8.58. The van der Waals surface area contributed by atoms with Gasteiger partial charge in [-0.1, -0.05) is 34.6 Å². The zero-order valence-corrected chi connectivity index (χ0v) is 13.5. The molecule has 3 N–H and O–H groups in total. The molecule has 0 aliphatic heterocycles. The fourth-order valence-electron chi connectivity index (χ4n) is 2.08. The summed E-state index contributed by atoms with van der Waals surface area (Å²) in [4.78, 5) is 0. The average molecular weight is 242 g/mol. The summed E-state index contributed by atoms with van der Waals surface area (Å²) in [6.45, 7) is 21.0. The lowest BCUT2D eigenvalue weighted by molar-refractivity contribution is 0.157. The lowest BCUT2D eigenvalue weighted by Gasteiger charge is -2.42. The monoisotopic (exact) mass is 242 g/mol. The molecule has 0 fully saturated rings. The highest BCUT2D eigenvalue weighted by Gasteiger charge is 2.35. The van der Waals surface area contributed by atoms with E-state index in [1.807, 2.05) is 0 Å². The first-order valence-electron chi connectivity index (χ1n) is 6.70. The average Bonchev–Trinajstić information content (AvgIpc) is 1.94. The van der Waals surface area contributed by atoms with Crippen molar-refractivity contribution < 1.29 is 0 Å². The first kappa shape index (κ1) is 16.9. The summed E-state index contributed by atoms with van der Waals surface area (Å²) in [6, 6.07) is 0. The molecule has 2 nitrogen and oxygen atoms in total. The summed E-state index contributed by atoms with van der Waals surface area (Å²) in [5.74, 6) is 0. The van der Waals surface area contributed by atoms with Gasteiger partial charge in [0.25, 0.3) is 0 Å². The minimum atomic E-state index is -0.169.